The van der Waals surface area contributed by atoms with Crippen LogP contribution in [-0.4, -0.2) is 56.3 Å². The fourth-order valence-electron chi connectivity index (χ4n) is 4.40. The van der Waals surface area contributed by atoms with Crippen molar-refractivity contribution in [2.75, 3.05) is 25.0 Å². The first-order chi connectivity index (χ1) is 15.9. The lowest BCUT2D eigenvalue weighted by Crippen LogP contribution is -2.45. The summed E-state index contributed by atoms with van der Waals surface area (Å²) in [5.74, 6) is 0.692. The van der Waals surface area contributed by atoms with Crippen LogP contribution in [0, 0.1) is 0 Å². The molecule has 2 aromatic rings. The van der Waals surface area contributed by atoms with Crippen LogP contribution < -0.4 is 10.6 Å². The second-order valence-electron chi connectivity index (χ2n) is 8.76. The third-order valence-electron chi connectivity index (χ3n) is 6.29. The summed E-state index contributed by atoms with van der Waals surface area (Å²) in [6.45, 7) is 9.50. The number of carbonyl (C=O) groups is 2. The molecule has 33 heavy (non-hydrogen) atoms. The molecule has 2 aromatic heterocycles. The van der Waals surface area contributed by atoms with E-state index < -0.39 is 5.54 Å². The summed E-state index contributed by atoms with van der Waals surface area (Å²) >= 11 is 0. The van der Waals surface area contributed by atoms with Crippen molar-refractivity contribution in [3.05, 3.63) is 24.1 Å². The van der Waals surface area contributed by atoms with Gasteiger partial charge >= 0.3 is 0 Å². The van der Waals surface area contributed by atoms with Gasteiger partial charge < -0.3 is 20.1 Å². The molecule has 1 aliphatic rings. The second kappa shape index (κ2) is 11.9. The van der Waals surface area contributed by atoms with Gasteiger partial charge in [0.25, 0.3) is 0 Å². The molecule has 1 aliphatic carbocycles. The highest BCUT2D eigenvalue weighted by Gasteiger charge is 2.38. The third-order valence-corrected chi connectivity index (χ3v) is 6.29. The maximum absolute atomic E-state index is 12.4. The van der Waals surface area contributed by atoms with Crippen molar-refractivity contribution in [1.29, 1.82) is 0 Å². The largest absolute Gasteiger partial charge is 0.343 e. The number of aryl methyl sites for hydroxylation is 1. The molecule has 0 bridgehead atoms. The molecule has 0 unspecified atom stereocenters. The van der Waals surface area contributed by atoms with E-state index in [0.29, 0.717) is 23.8 Å². The predicted molar refractivity (Wildman–Crippen MR) is 124 cm³/mol. The van der Waals surface area contributed by atoms with E-state index in [4.69, 9.17) is 4.52 Å². The first kappa shape index (κ1) is 24.9. The van der Waals surface area contributed by atoms with Crippen LogP contribution in [0.1, 0.15) is 77.4 Å². The lowest BCUT2D eigenvalue weighted by Gasteiger charge is -2.30. The molecule has 1 fully saturated rings. The van der Waals surface area contributed by atoms with Gasteiger partial charge in [0.15, 0.2) is 5.82 Å². The van der Waals surface area contributed by atoms with Gasteiger partial charge in [-0.05, 0) is 25.9 Å². The van der Waals surface area contributed by atoms with Crippen LogP contribution in [0.2, 0.25) is 0 Å². The molecule has 1 saturated carbocycles. The first-order valence-corrected chi connectivity index (χ1v) is 12.1. The van der Waals surface area contributed by atoms with Gasteiger partial charge in [-0.1, -0.05) is 44.7 Å². The number of amides is 2. The molecule has 0 aromatic carbocycles. The fraction of sp³-hybridized carbons (Fsp3) is 0.696. The van der Waals surface area contributed by atoms with Gasteiger partial charge in [-0.2, -0.15) is 10.1 Å². The Kier molecular flexibility index (Phi) is 8.99. The van der Waals surface area contributed by atoms with E-state index in [0.717, 1.165) is 64.7 Å². The molecule has 182 valence electrons. The fourth-order valence-corrected chi connectivity index (χ4v) is 4.40. The number of hydrogen-bond acceptors (Lipinski definition) is 7. The smallest absolute Gasteiger partial charge is 0.227 e. The van der Waals surface area contributed by atoms with Crippen LogP contribution in [-0.2, 0) is 28.1 Å². The molecule has 10 nitrogen and oxygen atoms in total. The summed E-state index contributed by atoms with van der Waals surface area (Å²) in [6.07, 6.45) is 9.95. The molecule has 2 heterocycles. The number of hydrogen-bond donors (Lipinski definition) is 2. The lowest BCUT2D eigenvalue weighted by molar-refractivity contribution is -0.121. The SMILES string of the molecule is CCN(CC)CCn1cc(NC(=O)CCc2nc(C3(NC(C)=O)CCCCCC3)no2)cn1. The molecule has 2 amide bonds. The average Bonchev–Trinajstić information content (AvgIpc) is 3.39. The van der Waals surface area contributed by atoms with Crippen molar-refractivity contribution >= 4 is 17.5 Å². The van der Waals surface area contributed by atoms with E-state index in [1.165, 1.54) is 6.92 Å². The summed E-state index contributed by atoms with van der Waals surface area (Å²) in [5, 5.41) is 14.4. The highest BCUT2D eigenvalue weighted by molar-refractivity contribution is 5.90. The van der Waals surface area contributed by atoms with Gasteiger partial charge in [0.2, 0.25) is 17.7 Å². The van der Waals surface area contributed by atoms with Crippen LogP contribution in [0.3, 0.4) is 0 Å². The first-order valence-electron chi connectivity index (χ1n) is 12.1. The molecular weight excluding hydrogens is 422 g/mol. The van der Waals surface area contributed by atoms with E-state index in [1.807, 2.05) is 10.9 Å². The quantitative estimate of drug-likeness (QED) is 0.496. The third kappa shape index (κ3) is 7.12. The molecule has 2 N–H and O–H groups in total. The van der Waals surface area contributed by atoms with Crippen LogP contribution >= 0.6 is 0 Å². The maximum Gasteiger partial charge on any atom is 0.227 e. The van der Waals surface area contributed by atoms with E-state index >= 15 is 0 Å². The number of nitrogens with zero attached hydrogens (tertiary/aromatic N) is 5. The topological polar surface area (TPSA) is 118 Å². The number of nitrogens with one attached hydrogen (secondary N) is 2. The number of likely N-dealkylation sites (N-methyl/N-ethyl adjacent to an activating group) is 1. The molecule has 0 atom stereocenters. The van der Waals surface area contributed by atoms with Gasteiger partial charge in [0.05, 0.1) is 18.4 Å². The van der Waals surface area contributed by atoms with E-state index in [2.05, 4.69) is 44.6 Å². The van der Waals surface area contributed by atoms with Crippen LogP contribution in [0.4, 0.5) is 5.69 Å². The van der Waals surface area contributed by atoms with Crippen LogP contribution in [0.15, 0.2) is 16.9 Å². The summed E-state index contributed by atoms with van der Waals surface area (Å²) in [7, 11) is 0. The highest BCUT2D eigenvalue weighted by atomic mass is 16.5. The normalized spacial score (nSPS) is 15.9. The zero-order valence-corrected chi connectivity index (χ0v) is 20.1. The van der Waals surface area contributed by atoms with Crippen molar-refractivity contribution in [3.8, 4) is 0 Å². The standard InChI is InChI=1S/C23H37N7O3/c1-4-29(5-2)14-15-30-17-19(16-24-30)25-20(32)10-11-21-26-22(28-33-21)23(27-18(3)31)12-8-6-7-9-13-23/h16-17H,4-15H2,1-3H3,(H,25,32)(H,27,31). The van der Waals surface area contributed by atoms with Crippen LogP contribution in [0.5, 0.6) is 0 Å². The van der Waals surface area contributed by atoms with E-state index in [1.54, 1.807) is 6.20 Å². The molecule has 3 rings (SSSR count). The highest BCUT2D eigenvalue weighted by Crippen LogP contribution is 2.34. The summed E-state index contributed by atoms with van der Waals surface area (Å²) in [5.41, 5.74) is 0.0975. The van der Waals surface area contributed by atoms with Crippen molar-refractivity contribution in [1.82, 2.24) is 30.1 Å². The molecule has 10 heteroatoms. The Hall–Kier alpha value is -2.75. The Morgan fingerprint density at radius 2 is 1.91 bits per heavy atom. The Labute approximate surface area is 195 Å². The Balaban J connectivity index is 1.52. The Bertz CT molecular complexity index is 896. The molecule has 0 saturated heterocycles. The van der Waals surface area contributed by atoms with Gasteiger partial charge in [0.1, 0.15) is 5.54 Å². The van der Waals surface area contributed by atoms with Crippen LogP contribution in [0.25, 0.3) is 0 Å². The van der Waals surface area contributed by atoms with E-state index in [9.17, 15) is 9.59 Å². The van der Waals surface area contributed by atoms with Crippen molar-refractivity contribution in [2.45, 2.75) is 84.2 Å². The minimum atomic E-state index is -0.577. The Morgan fingerprint density at radius 1 is 1.18 bits per heavy atom. The summed E-state index contributed by atoms with van der Waals surface area (Å²) in [6, 6.07) is 0. The zero-order valence-electron chi connectivity index (χ0n) is 20.1. The van der Waals surface area contributed by atoms with E-state index in [-0.39, 0.29) is 18.2 Å². The predicted octanol–water partition coefficient (Wildman–Crippen LogP) is 2.86. The van der Waals surface area contributed by atoms with Crippen molar-refractivity contribution in [2.24, 2.45) is 0 Å². The second-order valence-corrected chi connectivity index (χ2v) is 8.76. The van der Waals surface area contributed by atoms with Crippen molar-refractivity contribution < 1.29 is 14.1 Å². The summed E-state index contributed by atoms with van der Waals surface area (Å²) in [4.78, 5) is 31.1. The number of aromatic nitrogens is 4. The van der Waals surface area contributed by atoms with Gasteiger partial charge in [-0.15, -0.1) is 0 Å². The number of anilines is 1. The van der Waals surface area contributed by atoms with Gasteiger partial charge in [-0.3, -0.25) is 14.3 Å². The molecule has 0 aliphatic heterocycles. The maximum atomic E-state index is 12.4. The molecule has 0 radical (unpaired) electrons. The molecular formula is C23H37N7O3. The van der Waals surface area contributed by atoms with Gasteiger partial charge in [-0.25, -0.2) is 0 Å². The minimum Gasteiger partial charge on any atom is -0.343 e. The summed E-state index contributed by atoms with van der Waals surface area (Å²) < 4.78 is 7.27. The zero-order chi connectivity index (χ0) is 23.7. The lowest BCUT2D eigenvalue weighted by atomic mass is 9.89. The Morgan fingerprint density at radius 3 is 2.58 bits per heavy atom. The number of carbonyl (C=O) groups excluding carboxylic acids is 2. The molecule has 0 spiro atoms. The monoisotopic (exact) mass is 459 g/mol. The van der Waals surface area contributed by atoms with Gasteiger partial charge in [0, 0.05) is 32.5 Å². The van der Waals surface area contributed by atoms with Crippen molar-refractivity contribution in [3.63, 3.8) is 0 Å². The average molecular weight is 460 g/mol. The number of rotatable bonds is 11. The minimum absolute atomic E-state index is 0.0970.